The fourth-order valence-corrected chi connectivity index (χ4v) is 5.05. The van der Waals surface area contributed by atoms with Gasteiger partial charge in [-0.1, -0.05) is 67.1 Å². The summed E-state index contributed by atoms with van der Waals surface area (Å²) >= 11 is 6.07. The number of benzene rings is 3. The first-order chi connectivity index (χ1) is 18.6. The summed E-state index contributed by atoms with van der Waals surface area (Å²) in [5, 5.41) is 3.45. The van der Waals surface area contributed by atoms with Gasteiger partial charge in [0.05, 0.1) is 19.1 Å². The molecule has 0 aliphatic carbocycles. The molecular formula is C29H34ClN3O5S. The Morgan fingerprint density at radius 3 is 2.28 bits per heavy atom. The summed E-state index contributed by atoms with van der Waals surface area (Å²) in [6.45, 7) is 1.99. The Bertz CT molecular complexity index is 1350. The molecule has 0 aliphatic rings. The van der Waals surface area contributed by atoms with E-state index in [0.717, 1.165) is 28.1 Å². The minimum absolute atomic E-state index is 0.0861. The number of anilines is 1. The van der Waals surface area contributed by atoms with Crippen LogP contribution in [0.25, 0.3) is 0 Å². The van der Waals surface area contributed by atoms with Crippen molar-refractivity contribution in [3.63, 3.8) is 0 Å². The number of hydrogen-bond acceptors (Lipinski definition) is 5. The highest BCUT2D eigenvalue weighted by Gasteiger charge is 2.33. The monoisotopic (exact) mass is 571 g/mol. The van der Waals surface area contributed by atoms with Gasteiger partial charge in [0.25, 0.3) is 0 Å². The largest absolute Gasteiger partial charge is 0.497 e. The van der Waals surface area contributed by atoms with E-state index in [0.29, 0.717) is 17.3 Å². The second kappa shape index (κ2) is 14.0. The van der Waals surface area contributed by atoms with Gasteiger partial charge in [0.15, 0.2) is 0 Å². The number of hydrogen-bond donors (Lipinski definition) is 1. The molecule has 39 heavy (non-hydrogen) atoms. The molecule has 1 atom stereocenters. The van der Waals surface area contributed by atoms with Gasteiger partial charge in [-0.15, -0.1) is 0 Å². The van der Waals surface area contributed by atoms with Gasteiger partial charge in [-0.2, -0.15) is 0 Å². The molecule has 0 unspecified atom stereocenters. The van der Waals surface area contributed by atoms with E-state index < -0.39 is 28.5 Å². The quantitative estimate of drug-likeness (QED) is 0.330. The van der Waals surface area contributed by atoms with Crippen LogP contribution in [0.5, 0.6) is 5.75 Å². The lowest BCUT2D eigenvalue weighted by molar-refractivity contribution is -0.140. The highest BCUT2D eigenvalue weighted by Crippen LogP contribution is 2.24. The molecule has 10 heteroatoms. The molecule has 0 fully saturated rings. The molecular weight excluding hydrogens is 538 g/mol. The van der Waals surface area contributed by atoms with Crippen molar-refractivity contribution in [2.45, 2.75) is 32.4 Å². The number of amides is 2. The van der Waals surface area contributed by atoms with E-state index in [2.05, 4.69) is 5.32 Å². The molecule has 0 aromatic heterocycles. The second-order valence-corrected chi connectivity index (χ2v) is 11.5. The fourth-order valence-electron chi connectivity index (χ4n) is 4.09. The Hall–Kier alpha value is -3.56. The summed E-state index contributed by atoms with van der Waals surface area (Å²) in [5.74, 6) is -0.381. The Morgan fingerprint density at radius 2 is 1.67 bits per heavy atom. The lowest BCUT2D eigenvalue weighted by Gasteiger charge is -2.33. The minimum atomic E-state index is -3.86. The first kappa shape index (κ1) is 30.0. The van der Waals surface area contributed by atoms with E-state index in [-0.39, 0.29) is 24.6 Å². The van der Waals surface area contributed by atoms with Gasteiger partial charge < -0.3 is 15.0 Å². The molecule has 8 nitrogen and oxygen atoms in total. The van der Waals surface area contributed by atoms with Gasteiger partial charge in [0.2, 0.25) is 21.8 Å². The van der Waals surface area contributed by atoms with Crippen LogP contribution in [0.2, 0.25) is 5.02 Å². The zero-order valence-electron chi connectivity index (χ0n) is 22.3. The van der Waals surface area contributed by atoms with Crippen LogP contribution >= 0.6 is 11.6 Å². The van der Waals surface area contributed by atoms with Crippen LogP contribution in [-0.4, -0.2) is 57.6 Å². The van der Waals surface area contributed by atoms with Crippen molar-refractivity contribution in [2.75, 3.05) is 30.8 Å². The van der Waals surface area contributed by atoms with E-state index in [1.54, 1.807) is 48.5 Å². The molecule has 3 aromatic carbocycles. The summed E-state index contributed by atoms with van der Waals surface area (Å²) < 4.78 is 32.0. The minimum Gasteiger partial charge on any atom is -0.497 e. The van der Waals surface area contributed by atoms with Crippen LogP contribution in [0.4, 0.5) is 5.69 Å². The highest BCUT2D eigenvalue weighted by atomic mass is 35.5. The number of carbonyl (C=O) groups is 2. The van der Waals surface area contributed by atoms with Crippen molar-refractivity contribution < 1.29 is 22.7 Å². The van der Waals surface area contributed by atoms with E-state index in [4.69, 9.17) is 16.3 Å². The summed E-state index contributed by atoms with van der Waals surface area (Å²) in [6, 6.07) is 22.0. The third kappa shape index (κ3) is 8.73. The van der Waals surface area contributed by atoms with Gasteiger partial charge >= 0.3 is 0 Å². The van der Waals surface area contributed by atoms with E-state index in [9.17, 15) is 18.0 Å². The van der Waals surface area contributed by atoms with Crippen LogP contribution < -0.4 is 14.4 Å². The molecule has 0 heterocycles. The van der Waals surface area contributed by atoms with Crippen molar-refractivity contribution in [3.8, 4) is 5.75 Å². The lowest BCUT2D eigenvalue weighted by Crippen LogP contribution is -2.53. The number of ether oxygens (including phenoxy) is 1. The number of rotatable bonds is 13. The summed E-state index contributed by atoms with van der Waals surface area (Å²) in [7, 11) is -2.38. The third-order valence-corrected chi connectivity index (χ3v) is 7.50. The van der Waals surface area contributed by atoms with Gasteiger partial charge in [0, 0.05) is 30.6 Å². The van der Waals surface area contributed by atoms with Crippen molar-refractivity contribution >= 4 is 39.1 Å². The van der Waals surface area contributed by atoms with Crippen LogP contribution in [-0.2, 0) is 32.6 Å². The van der Waals surface area contributed by atoms with Crippen molar-refractivity contribution in [1.29, 1.82) is 0 Å². The molecule has 3 aromatic rings. The van der Waals surface area contributed by atoms with Crippen LogP contribution in [0.1, 0.15) is 24.5 Å². The molecule has 0 saturated heterocycles. The number of nitrogens with zero attached hydrogens (tertiary/aromatic N) is 2. The lowest BCUT2D eigenvalue weighted by atomic mass is 10.0. The Kier molecular flexibility index (Phi) is 10.8. The standard InChI is InChI=1S/C29H34ClN3O5S/c1-4-17-31-29(35)27(18-22-9-6-5-7-10-22)32(20-23-13-15-24(30)16-14-23)28(34)21-33(39(3,36)37)25-11-8-12-26(19-25)38-2/h5-16,19,27H,4,17-18,20-21H2,1-3H3,(H,31,35)/t27-/m0/s1. The highest BCUT2D eigenvalue weighted by molar-refractivity contribution is 7.92. The Morgan fingerprint density at radius 1 is 0.974 bits per heavy atom. The zero-order valence-corrected chi connectivity index (χ0v) is 23.9. The average molecular weight is 572 g/mol. The van der Waals surface area contributed by atoms with Crippen molar-refractivity contribution in [2.24, 2.45) is 0 Å². The summed E-state index contributed by atoms with van der Waals surface area (Å²) in [5.41, 5.74) is 1.91. The molecule has 1 N–H and O–H groups in total. The smallest absolute Gasteiger partial charge is 0.244 e. The topological polar surface area (TPSA) is 96.0 Å². The summed E-state index contributed by atoms with van der Waals surface area (Å²) in [4.78, 5) is 28.9. The maximum absolute atomic E-state index is 14.0. The molecule has 0 aliphatic heterocycles. The average Bonchev–Trinajstić information content (AvgIpc) is 2.93. The van der Waals surface area contributed by atoms with Crippen molar-refractivity contribution in [1.82, 2.24) is 10.2 Å². The number of nitrogens with one attached hydrogen (secondary N) is 1. The van der Waals surface area contributed by atoms with E-state index in [1.165, 1.54) is 12.0 Å². The first-order valence-electron chi connectivity index (χ1n) is 12.6. The van der Waals surface area contributed by atoms with Crippen LogP contribution in [0.3, 0.4) is 0 Å². The number of carbonyl (C=O) groups excluding carboxylic acids is 2. The number of sulfonamides is 1. The van der Waals surface area contributed by atoms with Gasteiger partial charge in [-0.05, 0) is 41.8 Å². The predicted octanol–water partition coefficient (Wildman–Crippen LogP) is 4.28. The summed E-state index contributed by atoms with van der Waals surface area (Å²) in [6.07, 6.45) is 2.03. The molecule has 0 saturated carbocycles. The number of methoxy groups -OCH3 is 1. The maximum atomic E-state index is 14.0. The molecule has 0 bridgehead atoms. The molecule has 2 amide bonds. The van der Waals surface area contributed by atoms with Gasteiger partial charge in [-0.25, -0.2) is 8.42 Å². The first-order valence-corrected chi connectivity index (χ1v) is 14.8. The van der Waals surface area contributed by atoms with E-state index in [1.807, 2.05) is 37.3 Å². The normalized spacial score (nSPS) is 11.9. The zero-order chi connectivity index (χ0) is 28.4. The van der Waals surface area contributed by atoms with Crippen LogP contribution in [0, 0.1) is 0 Å². The van der Waals surface area contributed by atoms with Gasteiger partial charge in [0.1, 0.15) is 18.3 Å². The molecule has 0 radical (unpaired) electrons. The van der Waals surface area contributed by atoms with E-state index >= 15 is 0 Å². The maximum Gasteiger partial charge on any atom is 0.244 e. The molecule has 208 valence electrons. The second-order valence-electron chi connectivity index (χ2n) is 9.12. The van der Waals surface area contributed by atoms with Crippen LogP contribution in [0.15, 0.2) is 78.9 Å². The predicted molar refractivity (Wildman–Crippen MR) is 154 cm³/mol. The molecule has 0 spiro atoms. The SMILES string of the molecule is CCCNC(=O)[C@H](Cc1ccccc1)N(Cc1ccc(Cl)cc1)C(=O)CN(c1cccc(OC)c1)S(C)(=O)=O. The molecule has 3 rings (SSSR count). The number of halogens is 1. The third-order valence-electron chi connectivity index (χ3n) is 6.11. The Labute approximate surface area is 235 Å². The van der Waals surface area contributed by atoms with Gasteiger partial charge in [-0.3, -0.25) is 13.9 Å². The van der Waals surface area contributed by atoms with Crippen molar-refractivity contribution in [3.05, 3.63) is 95.0 Å². The Balaban J connectivity index is 2.04. The fraction of sp³-hybridized carbons (Fsp3) is 0.310.